The quantitative estimate of drug-likeness (QED) is 0.798. The highest BCUT2D eigenvalue weighted by Crippen LogP contribution is 2.01. The molecular weight excluding hydrogens is 262 g/mol. The molecule has 1 unspecified atom stereocenters. The van der Waals surface area contributed by atoms with Crippen LogP contribution in [0.1, 0.15) is 12.0 Å². The third-order valence-electron chi connectivity index (χ3n) is 2.31. The molecule has 0 radical (unpaired) electrons. The van der Waals surface area contributed by atoms with Gasteiger partial charge in [0.15, 0.2) is 0 Å². The van der Waals surface area contributed by atoms with E-state index in [0.717, 1.165) is 0 Å². The van der Waals surface area contributed by atoms with Crippen LogP contribution in [0.15, 0.2) is 30.3 Å². The van der Waals surface area contributed by atoms with Crippen molar-refractivity contribution in [3.63, 3.8) is 0 Å². The lowest BCUT2D eigenvalue weighted by molar-refractivity contribution is -0.141. The van der Waals surface area contributed by atoms with Crippen molar-refractivity contribution in [2.24, 2.45) is 0 Å². The number of carbonyl (C=O) groups is 2. The van der Waals surface area contributed by atoms with Gasteiger partial charge in [0, 0.05) is 11.5 Å². The molecule has 0 aliphatic rings. The number of aliphatic carboxylic acids is 1. The Morgan fingerprint density at radius 3 is 2.63 bits per heavy atom. The van der Waals surface area contributed by atoms with E-state index in [1.165, 1.54) is 11.8 Å². The molecule has 0 aromatic heterocycles. The van der Waals surface area contributed by atoms with Gasteiger partial charge >= 0.3 is 5.97 Å². The number of hydrogen-bond acceptors (Lipinski definition) is 3. The van der Waals surface area contributed by atoms with Crippen LogP contribution in [0.4, 0.5) is 0 Å². The average Bonchev–Trinajstić information content (AvgIpc) is 2.42. The van der Waals surface area contributed by atoms with E-state index < -0.39 is 17.9 Å². The van der Waals surface area contributed by atoms with Crippen molar-refractivity contribution in [2.75, 3.05) is 12.0 Å². The van der Waals surface area contributed by atoms with Crippen LogP contribution in [0.25, 0.3) is 0 Å². The predicted molar refractivity (Wildman–Crippen MR) is 75.9 cm³/mol. The Hall–Kier alpha value is -1.93. The van der Waals surface area contributed by atoms with Crippen LogP contribution in [0, 0.1) is 11.8 Å². The van der Waals surface area contributed by atoms with Gasteiger partial charge in [0.05, 0.1) is 0 Å². The van der Waals surface area contributed by atoms with Crippen LogP contribution < -0.4 is 5.32 Å². The first-order chi connectivity index (χ1) is 9.13. The lowest BCUT2D eigenvalue weighted by atomic mass is 10.2. The second kappa shape index (κ2) is 8.22. The van der Waals surface area contributed by atoms with Gasteiger partial charge in [-0.2, -0.15) is 11.8 Å². The summed E-state index contributed by atoms with van der Waals surface area (Å²) < 4.78 is 0. The standard InChI is InChI=1S/C14H15NO3S/c1-19-10-9-12(14(17)18)15-13(16)8-7-11-5-3-2-4-6-11/h2-6,12H,9-10H2,1H3,(H,15,16)(H,17,18). The van der Waals surface area contributed by atoms with Crippen molar-refractivity contribution in [3.8, 4) is 11.8 Å². The van der Waals surface area contributed by atoms with Gasteiger partial charge in [0.2, 0.25) is 0 Å². The maximum Gasteiger partial charge on any atom is 0.326 e. The van der Waals surface area contributed by atoms with Gasteiger partial charge in [0.1, 0.15) is 6.04 Å². The zero-order chi connectivity index (χ0) is 14.1. The summed E-state index contributed by atoms with van der Waals surface area (Å²) in [5.41, 5.74) is 0.716. The van der Waals surface area contributed by atoms with Crippen LogP contribution in [0.2, 0.25) is 0 Å². The highest BCUT2D eigenvalue weighted by Gasteiger charge is 2.18. The molecule has 4 nitrogen and oxygen atoms in total. The zero-order valence-corrected chi connectivity index (χ0v) is 11.4. The molecule has 2 N–H and O–H groups in total. The largest absolute Gasteiger partial charge is 0.480 e. The molecular formula is C14H15NO3S. The van der Waals surface area contributed by atoms with Crippen LogP contribution in [-0.4, -0.2) is 35.0 Å². The molecule has 0 saturated carbocycles. The second-order valence-corrected chi connectivity index (χ2v) is 4.75. The Labute approximate surface area is 116 Å². The van der Waals surface area contributed by atoms with Crippen molar-refractivity contribution >= 4 is 23.6 Å². The molecule has 0 saturated heterocycles. The lowest BCUT2D eigenvalue weighted by Crippen LogP contribution is -2.40. The van der Waals surface area contributed by atoms with Gasteiger partial charge in [-0.1, -0.05) is 24.1 Å². The Morgan fingerprint density at radius 2 is 2.05 bits per heavy atom. The van der Waals surface area contributed by atoms with Gasteiger partial charge in [-0.25, -0.2) is 4.79 Å². The third kappa shape index (κ3) is 5.98. The van der Waals surface area contributed by atoms with E-state index >= 15 is 0 Å². The van der Waals surface area contributed by atoms with E-state index in [1.807, 2.05) is 24.5 Å². The smallest absolute Gasteiger partial charge is 0.326 e. The molecule has 100 valence electrons. The Morgan fingerprint density at radius 1 is 1.37 bits per heavy atom. The average molecular weight is 277 g/mol. The van der Waals surface area contributed by atoms with E-state index in [9.17, 15) is 9.59 Å². The first-order valence-electron chi connectivity index (χ1n) is 5.73. The molecule has 1 aromatic rings. The third-order valence-corrected chi connectivity index (χ3v) is 2.95. The van der Waals surface area contributed by atoms with Crippen molar-refractivity contribution in [1.29, 1.82) is 0 Å². The van der Waals surface area contributed by atoms with Crippen LogP contribution in [0.3, 0.4) is 0 Å². The molecule has 0 aliphatic carbocycles. The number of carboxylic acids is 1. The summed E-state index contributed by atoms with van der Waals surface area (Å²) in [7, 11) is 0. The SMILES string of the molecule is CSCCC(NC(=O)C#Cc1ccccc1)C(=O)O. The number of carbonyl (C=O) groups excluding carboxylic acids is 1. The molecule has 0 bridgehead atoms. The molecule has 1 aromatic carbocycles. The molecule has 1 atom stereocenters. The van der Waals surface area contributed by atoms with Gasteiger partial charge in [-0.15, -0.1) is 0 Å². The van der Waals surface area contributed by atoms with Crippen molar-refractivity contribution in [3.05, 3.63) is 35.9 Å². The minimum Gasteiger partial charge on any atom is -0.480 e. The first kappa shape index (κ1) is 15.1. The molecule has 0 heterocycles. The number of nitrogens with one attached hydrogen (secondary N) is 1. The number of carboxylic acid groups (broad SMARTS) is 1. The van der Waals surface area contributed by atoms with Gasteiger partial charge in [-0.05, 0) is 30.6 Å². The molecule has 1 amide bonds. The fourth-order valence-corrected chi connectivity index (χ4v) is 1.81. The molecule has 0 fully saturated rings. The lowest BCUT2D eigenvalue weighted by Gasteiger charge is -2.11. The minimum atomic E-state index is -1.04. The number of amides is 1. The maximum atomic E-state index is 11.5. The van der Waals surface area contributed by atoms with Crippen molar-refractivity contribution in [1.82, 2.24) is 5.32 Å². The van der Waals surface area contributed by atoms with E-state index in [0.29, 0.717) is 17.7 Å². The van der Waals surface area contributed by atoms with Crippen molar-refractivity contribution in [2.45, 2.75) is 12.5 Å². The molecule has 1 rings (SSSR count). The summed E-state index contributed by atoms with van der Waals surface area (Å²) in [5.74, 6) is 4.14. The highest BCUT2D eigenvalue weighted by molar-refractivity contribution is 7.98. The van der Waals surface area contributed by atoms with Gasteiger partial charge < -0.3 is 10.4 Å². The molecule has 5 heteroatoms. The Kier molecular flexibility index (Phi) is 6.55. The highest BCUT2D eigenvalue weighted by atomic mass is 32.2. The van der Waals surface area contributed by atoms with Gasteiger partial charge in [0.25, 0.3) is 5.91 Å². The van der Waals surface area contributed by atoms with Crippen molar-refractivity contribution < 1.29 is 14.7 Å². The monoisotopic (exact) mass is 277 g/mol. The summed E-state index contributed by atoms with van der Waals surface area (Å²) in [6.07, 6.45) is 2.27. The summed E-state index contributed by atoms with van der Waals surface area (Å²) in [5, 5.41) is 11.4. The molecule has 19 heavy (non-hydrogen) atoms. The van der Waals surface area contributed by atoms with E-state index in [-0.39, 0.29) is 0 Å². The number of hydrogen-bond donors (Lipinski definition) is 2. The second-order valence-electron chi connectivity index (χ2n) is 3.76. The maximum absolute atomic E-state index is 11.5. The van der Waals surface area contributed by atoms with Crippen LogP contribution in [0.5, 0.6) is 0 Å². The normalized spacial score (nSPS) is 11.0. The first-order valence-corrected chi connectivity index (χ1v) is 7.12. The number of benzene rings is 1. The van der Waals surface area contributed by atoms with E-state index in [1.54, 1.807) is 12.1 Å². The number of rotatable bonds is 5. The Balaban J connectivity index is 2.58. The summed E-state index contributed by atoms with van der Waals surface area (Å²) >= 11 is 1.53. The van der Waals surface area contributed by atoms with E-state index in [4.69, 9.17) is 5.11 Å². The molecule has 0 spiro atoms. The fourth-order valence-electron chi connectivity index (χ4n) is 1.34. The van der Waals surface area contributed by atoms with Crippen LogP contribution in [-0.2, 0) is 9.59 Å². The zero-order valence-electron chi connectivity index (χ0n) is 10.6. The Bertz CT molecular complexity index is 490. The van der Waals surface area contributed by atoms with E-state index in [2.05, 4.69) is 17.2 Å². The minimum absolute atomic E-state index is 0.384. The fraction of sp³-hybridized carbons (Fsp3) is 0.286. The summed E-state index contributed by atoms with van der Waals surface area (Å²) in [4.78, 5) is 22.5. The van der Waals surface area contributed by atoms with Crippen LogP contribution >= 0.6 is 11.8 Å². The summed E-state index contributed by atoms with van der Waals surface area (Å²) in [6, 6.07) is 8.17. The van der Waals surface area contributed by atoms with Gasteiger partial charge in [-0.3, -0.25) is 4.79 Å². The summed E-state index contributed by atoms with van der Waals surface area (Å²) in [6.45, 7) is 0. The topological polar surface area (TPSA) is 66.4 Å². The predicted octanol–water partition coefficient (Wildman–Crippen LogP) is 1.36. The number of thioether (sulfide) groups is 1. The molecule has 0 aliphatic heterocycles.